The van der Waals surface area contributed by atoms with Gasteiger partial charge in [0.05, 0.1) is 12.2 Å². The fraction of sp³-hybridized carbons (Fsp3) is 0.714. The van der Waals surface area contributed by atoms with Crippen LogP contribution in [0, 0.1) is 0 Å². The number of aryl methyl sites for hydroxylation is 1. The predicted molar refractivity (Wildman–Crippen MR) is 76.2 cm³/mol. The third-order valence-electron chi connectivity index (χ3n) is 4.46. The third-order valence-corrected chi connectivity index (χ3v) is 4.46. The van der Waals surface area contributed by atoms with Crippen molar-refractivity contribution in [2.24, 2.45) is 7.05 Å². The molecule has 6 heteroatoms. The molecule has 0 N–H and O–H groups in total. The van der Waals surface area contributed by atoms with Crippen molar-refractivity contribution >= 4 is 6.03 Å². The molecule has 6 nitrogen and oxygen atoms in total. The molecule has 20 heavy (non-hydrogen) atoms. The molecule has 1 aromatic rings. The van der Waals surface area contributed by atoms with Crippen LogP contribution in [0.5, 0.6) is 0 Å². The summed E-state index contributed by atoms with van der Waals surface area (Å²) in [7, 11) is 5.61. The molecule has 3 rings (SSSR count). The van der Waals surface area contributed by atoms with Crippen molar-refractivity contribution in [3.8, 4) is 0 Å². The van der Waals surface area contributed by atoms with E-state index in [4.69, 9.17) is 0 Å². The van der Waals surface area contributed by atoms with E-state index in [0.29, 0.717) is 12.1 Å². The lowest BCUT2D eigenvalue weighted by Crippen LogP contribution is -2.44. The van der Waals surface area contributed by atoms with Gasteiger partial charge in [0.25, 0.3) is 0 Å². The van der Waals surface area contributed by atoms with Gasteiger partial charge in [0.1, 0.15) is 0 Å². The normalized spacial score (nSPS) is 26.1. The van der Waals surface area contributed by atoms with Crippen LogP contribution in [0.25, 0.3) is 0 Å². The number of carbonyl (C=O) groups is 1. The van der Waals surface area contributed by atoms with Gasteiger partial charge in [-0.25, -0.2) is 4.79 Å². The molecule has 0 spiro atoms. The molecule has 2 amide bonds. The van der Waals surface area contributed by atoms with Crippen LogP contribution in [0.4, 0.5) is 4.79 Å². The molecule has 2 saturated heterocycles. The predicted octanol–water partition coefficient (Wildman–Crippen LogP) is 0.750. The molecule has 2 aliphatic rings. The highest BCUT2D eigenvalue weighted by molar-refractivity contribution is 5.74. The van der Waals surface area contributed by atoms with E-state index in [2.05, 4.69) is 16.2 Å². The summed E-state index contributed by atoms with van der Waals surface area (Å²) in [5.41, 5.74) is 1.26. The number of hydrogen-bond donors (Lipinski definition) is 0. The first-order valence-corrected chi connectivity index (χ1v) is 7.26. The second-order valence-electron chi connectivity index (χ2n) is 6.08. The lowest BCUT2D eigenvalue weighted by atomic mass is 10.1. The Bertz CT molecular complexity index is 498. The molecule has 2 atom stereocenters. The van der Waals surface area contributed by atoms with E-state index in [0.717, 1.165) is 32.5 Å². The Morgan fingerprint density at radius 1 is 1.35 bits per heavy atom. The van der Waals surface area contributed by atoms with Crippen LogP contribution in [0.1, 0.15) is 18.4 Å². The van der Waals surface area contributed by atoms with Gasteiger partial charge in [-0.1, -0.05) is 0 Å². The SMILES string of the molecule is CN(C)C(=O)N1CC[C@@H]2[C@@H]1CCN2Cc1cnn(C)c1. The van der Waals surface area contributed by atoms with Crippen LogP contribution < -0.4 is 0 Å². The number of carbonyl (C=O) groups excluding carboxylic acids is 1. The summed E-state index contributed by atoms with van der Waals surface area (Å²) in [6.45, 7) is 2.90. The van der Waals surface area contributed by atoms with E-state index in [1.54, 1.807) is 4.90 Å². The number of amides is 2. The summed E-state index contributed by atoms with van der Waals surface area (Å²) in [6, 6.07) is 1.06. The molecular formula is C14H23N5O. The maximum atomic E-state index is 12.2. The van der Waals surface area contributed by atoms with Crippen molar-refractivity contribution in [3.63, 3.8) is 0 Å². The van der Waals surface area contributed by atoms with Crippen molar-refractivity contribution < 1.29 is 4.79 Å². The second kappa shape index (κ2) is 5.09. The van der Waals surface area contributed by atoms with E-state index in [1.165, 1.54) is 5.56 Å². The molecule has 0 unspecified atom stereocenters. The highest BCUT2D eigenvalue weighted by Gasteiger charge is 2.44. The van der Waals surface area contributed by atoms with Crippen molar-refractivity contribution in [1.29, 1.82) is 0 Å². The van der Waals surface area contributed by atoms with Crippen LogP contribution in [0.2, 0.25) is 0 Å². The largest absolute Gasteiger partial charge is 0.331 e. The Balaban J connectivity index is 1.66. The van der Waals surface area contributed by atoms with Crippen LogP contribution in [-0.4, -0.2) is 69.8 Å². The monoisotopic (exact) mass is 277 g/mol. The number of hydrogen-bond acceptors (Lipinski definition) is 3. The van der Waals surface area contributed by atoms with Crippen LogP contribution >= 0.6 is 0 Å². The van der Waals surface area contributed by atoms with Gasteiger partial charge >= 0.3 is 6.03 Å². The van der Waals surface area contributed by atoms with Crippen molar-refractivity contribution in [2.45, 2.75) is 31.5 Å². The van der Waals surface area contributed by atoms with E-state index in [9.17, 15) is 4.79 Å². The van der Waals surface area contributed by atoms with E-state index >= 15 is 0 Å². The molecule has 0 bridgehead atoms. The van der Waals surface area contributed by atoms with Crippen molar-refractivity contribution in [1.82, 2.24) is 24.5 Å². The van der Waals surface area contributed by atoms with Gasteiger partial charge in [-0.15, -0.1) is 0 Å². The minimum atomic E-state index is 0.153. The molecular weight excluding hydrogens is 254 g/mol. The molecule has 3 heterocycles. The summed E-state index contributed by atoms with van der Waals surface area (Å²) in [5.74, 6) is 0. The van der Waals surface area contributed by atoms with Crippen LogP contribution in [0.3, 0.4) is 0 Å². The summed E-state index contributed by atoms with van der Waals surface area (Å²) < 4.78 is 1.85. The Kier molecular flexibility index (Phi) is 3.41. The Morgan fingerprint density at radius 3 is 2.75 bits per heavy atom. The minimum absolute atomic E-state index is 0.153. The first-order valence-electron chi connectivity index (χ1n) is 7.26. The number of likely N-dealkylation sites (tertiary alicyclic amines) is 2. The van der Waals surface area contributed by atoms with Gasteiger partial charge < -0.3 is 9.80 Å². The quantitative estimate of drug-likeness (QED) is 0.801. The summed E-state index contributed by atoms with van der Waals surface area (Å²) in [6.07, 6.45) is 6.19. The minimum Gasteiger partial charge on any atom is -0.331 e. The average molecular weight is 277 g/mol. The maximum Gasteiger partial charge on any atom is 0.319 e. The maximum absolute atomic E-state index is 12.2. The van der Waals surface area contributed by atoms with Crippen molar-refractivity contribution in [2.75, 3.05) is 27.2 Å². The lowest BCUT2D eigenvalue weighted by Gasteiger charge is -2.27. The highest BCUT2D eigenvalue weighted by Crippen LogP contribution is 2.32. The standard InChI is InChI=1S/C14H23N5O/c1-16(2)14(20)19-7-5-12-13(19)4-6-18(12)10-11-8-15-17(3)9-11/h8-9,12-13H,4-7,10H2,1-3H3/t12-,13+/m1/s1. The van der Waals surface area contributed by atoms with Gasteiger partial charge in [0.15, 0.2) is 0 Å². The first kappa shape index (κ1) is 13.4. The molecule has 2 aliphatic heterocycles. The van der Waals surface area contributed by atoms with Gasteiger partial charge in [0, 0.05) is 58.6 Å². The van der Waals surface area contributed by atoms with Crippen LogP contribution in [-0.2, 0) is 13.6 Å². The number of fused-ring (bicyclic) bond motifs is 1. The second-order valence-corrected chi connectivity index (χ2v) is 6.08. The summed E-state index contributed by atoms with van der Waals surface area (Å²) in [5, 5.41) is 4.23. The summed E-state index contributed by atoms with van der Waals surface area (Å²) >= 11 is 0. The Morgan fingerprint density at radius 2 is 2.10 bits per heavy atom. The smallest absolute Gasteiger partial charge is 0.319 e. The fourth-order valence-electron chi connectivity index (χ4n) is 3.55. The number of rotatable bonds is 2. The van der Waals surface area contributed by atoms with E-state index in [1.807, 2.05) is 36.9 Å². The Hall–Kier alpha value is -1.56. The van der Waals surface area contributed by atoms with E-state index < -0.39 is 0 Å². The first-order chi connectivity index (χ1) is 9.56. The van der Waals surface area contributed by atoms with Gasteiger partial charge in [-0.05, 0) is 12.8 Å². The molecule has 0 aromatic carbocycles. The van der Waals surface area contributed by atoms with Crippen LogP contribution in [0.15, 0.2) is 12.4 Å². The third kappa shape index (κ3) is 2.28. The molecule has 1 aromatic heterocycles. The fourth-order valence-corrected chi connectivity index (χ4v) is 3.55. The zero-order chi connectivity index (χ0) is 14.3. The number of aromatic nitrogens is 2. The molecule has 0 saturated carbocycles. The zero-order valence-corrected chi connectivity index (χ0v) is 12.5. The van der Waals surface area contributed by atoms with Gasteiger partial charge in [-0.2, -0.15) is 5.10 Å². The molecule has 110 valence electrons. The van der Waals surface area contributed by atoms with Gasteiger partial charge in [0.2, 0.25) is 0 Å². The Labute approximate surface area is 119 Å². The molecule has 0 radical (unpaired) electrons. The number of nitrogens with zero attached hydrogens (tertiary/aromatic N) is 5. The average Bonchev–Trinajstić information content (AvgIpc) is 3.07. The van der Waals surface area contributed by atoms with Crippen molar-refractivity contribution in [3.05, 3.63) is 18.0 Å². The highest BCUT2D eigenvalue weighted by atomic mass is 16.2. The lowest BCUT2D eigenvalue weighted by molar-refractivity contribution is 0.162. The topological polar surface area (TPSA) is 44.6 Å². The molecule has 2 fully saturated rings. The molecule has 0 aliphatic carbocycles. The van der Waals surface area contributed by atoms with Gasteiger partial charge in [-0.3, -0.25) is 9.58 Å². The number of urea groups is 1. The summed E-state index contributed by atoms with van der Waals surface area (Å²) in [4.78, 5) is 18.4. The zero-order valence-electron chi connectivity index (χ0n) is 12.5. The van der Waals surface area contributed by atoms with E-state index in [-0.39, 0.29) is 6.03 Å².